The molecule has 1 aliphatic carbocycles. The van der Waals surface area contributed by atoms with Gasteiger partial charge in [0.15, 0.2) is 5.13 Å². The number of hydrogen-bond donors (Lipinski definition) is 2. The Kier molecular flexibility index (Phi) is 4.25. The van der Waals surface area contributed by atoms with Crippen molar-refractivity contribution in [3.63, 3.8) is 0 Å². The summed E-state index contributed by atoms with van der Waals surface area (Å²) in [6.45, 7) is 0.710. The first-order chi connectivity index (χ1) is 8.97. The number of carbonyl (C=O) groups excluding carboxylic acids is 1. The highest BCUT2D eigenvalue weighted by Gasteiger charge is 2.36. The van der Waals surface area contributed by atoms with E-state index in [9.17, 15) is 4.79 Å². The van der Waals surface area contributed by atoms with Crippen molar-refractivity contribution < 1.29 is 4.79 Å². The van der Waals surface area contributed by atoms with Crippen molar-refractivity contribution in [2.24, 2.45) is 0 Å². The molecule has 106 valence electrons. The zero-order chi connectivity index (χ0) is 14.0. The number of nitrogens with two attached hydrogens (primary N) is 1. The molecule has 1 fully saturated rings. The van der Waals surface area contributed by atoms with Gasteiger partial charge in [0, 0.05) is 25.4 Å². The molecular weight excluding hydrogens is 280 g/mol. The summed E-state index contributed by atoms with van der Waals surface area (Å²) in [5, 5.41) is 3.75. The van der Waals surface area contributed by atoms with Gasteiger partial charge in [-0.15, -0.1) is 0 Å². The summed E-state index contributed by atoms with van der Waals surface area (Å²) < 4.78 is 0.236. The Bertz CT molecular complexity index is 463. The third-order valence-corrected chi connectivity index (χ3v) is 6.16. The molecule has 1 aliphatic rings. The van der Waals surface area contributed by atoms with Crippen LogP contribution >= 0.6 is 23.1 Å². The molecule has 1 heterocycles. The average molecular weight is 300 g/mol. The quantitative estimate of drug-likeness (QED) is 0.868. The Balaban J connectivity index is 2.00. The van der Waals surface area contributed by atoms with Crippen LogP contribution in [0.25, 0.3) is 0 Å². The highest BCUT2D eigenvalue weighted by Crippen LogP contribution is 2.42. The van der Waals surface area contributed by atoms with E-state index in [0.29, 0.717) is 17.2 Å². The van der Waals surface area contributed by atoms with Crippen molar-refractivity contribution in [1.82, 2.24) is 10.3 Å². The van der Waals surface area contributed by atoms with Crippen LogP contribution in [0.15, 0.2) is 0 Å². The van der Waals surface area contributed by atoms with Gasteiger partial charge in [-0.05, 0) is 19.1 Å². The van der Waals surface area contributed by atoms with E-state index < -0.39 is 0 Å². The van der Waals surface area contributed by atoms with Gasteiger partial charge >= 0.3 is 0 Å². The predicted octanol–water partition coefficient (Wildman–Crippen LogP) is 1.81. The molecule has 1 aromatic rings. The van der Waals surface area contributed by atoms with Gasteiger partial charge in [-0.2, -0.15) is 11.8 Å². The molecule has 0 atom stereocenters. The number of thiazole rings is 1. The second kappa shape index (κ2) is 5.58. The molecular formula is C12H20N4OS2. The van der Waals surface area contributed by atoms with Crippen molar-refractivity contribution in [3.8, 4) is 0 Å². The van der Waals surface area contributed by atoms with Gasteiger partial charge in [-0.3, -0.25) is 4.79 Å². The third-order valence-electron chi connectivity index (χ3n) is 3.50. The van der Waals surface area contributed by atoms with Gasteiger partial charge in [-0.1, -0.05) is 17.8 Å². The molecule has 0 saturated heterocycles. The van der Waals surface area contributed by atoms with Crippen LogP contribution in [0.1, 0.15) is 28.9 Å². The molecule has 1 aromatic heterocycles. The molecule has 7 heteroatoms. The number of anilines is 2. The fourth-order valence-corrected chi connectivity index (χ4v) is 3.76. The maximum Gasteiger partial charge on any atom is 0.265 e. The molecule has 1 saturated carbocycles. The Morgan fingerprint density at radius 3 is 2.68 bits per heavy atom. The van der Waals surface area contributed by atoms with Crippen molar-refractivity contribution in [2.45, 2.75) is 24.0 Å². The second-order valence-corrected chi connectivity index (χ2v) is 7.28. The van der Waals surface area contributed by atoms with Gasteiger partial charge in [-0.25, -0.2) is 4.98 Å². The maximum absolute atomic E-state index is 12.2. The number of rotatable bonds is 5. The highest BCUT2D eigenvalue weighted by atomic mass is 32.2. The van der Waals surface area contributed by atoms with Crippen molar-refractivity contribution in [3.05, 3.63) is 4.88 Å². The number of hydrogen-bond acceptors (Lipinski definition) is 6. The number of nitrogens with one attached hydrogen (secondary N) is 1. The zero-order valence-corrected chi connectivity index (χ0v) is 13.2. The van der Waals surface area contributed by atoms with Crippen molar-refractivity contribution >= 4 is 40.0 Å². The Morgan fingerprint density at radius 2 is 2.26 bits per heavy atom. The number of amides is 1. The first-order valence-electron chi connectivity index (χ1n) is 6.24. The lowest BCUT2D eigenvalue weighted by molar-refractivity contribution is 0.0948. The van der Waals surface area contributed by atoms with E-state index in [-0.39, 0.29) is 10.7 Å². The van der Waals surface area contributed by atoms with Crippen LogP contribution < -0.4 is 16.0 Å². The van der Waals surface area contributed by atoms with Crippen LogP contribution in [-0.4, -0.2) is 42.5 Å². The summed E-state index contributed by atoms with van der Waals surface area (Å²) in [6, 6.07) is 0. The van der Waals surface area contributed by atoms with Gasteiger partial charge < -0.3 is 16.0 Å². The van der Waals surface area contributed by atoms with Crippen LogP contribution in [0.4, 0.5) is 10.9 Å². The molecule has 19 heavy (non-hydrogen) atoms. The van der Waals surface area contributed by atoms with Gasteiger partial charge in [0.1, 0.15) is 10.7 Å². The van der Waals surface area contributed by atoms with E-state index in [1.807, 2.05) is 30.8 Å². The fourth-order valence-electron chi connectivity index (χ4n) is 2.02. The summed E-state index contributed by atoms with van der Waals surface area (Å²) in [6.07, 6.45) is 5.71. The Hall–Kier alpha value is -0.950. The largest absolute Gasteiger partial charge is 0.382 e. The third kappa shape index (κ3) is 2.97. The normalized spacial score (nSPS) is 16.8. The predicted molar refractivity (Wildman–Crippen MR) is 83.3 cm³/mol. The maximum atomic E-state index is 12.2. The lowest BCUT2D eigenvalue weighted by atomic mass is 9.84. The summed E-state index contributed by atoms with van der Waals surface area (Å²) in [7, 11) is 3.77. The van der Waals surface area contributed by atoms with Crippen LogP contribution in [0.3, 0.4) is 0 Å². The van der Waals surface area contributed by atoms with Crippen molar-refractivity contribution in [2.75, 3.05) is 37.5 Å². The molecule has 5 nitrogen and oxygen atoms in total. The monoisotopic (exact) mass is 300 g/mol. The summed E-state index contributed by atoms with van der Waals surface area (Å²) in [4.78, 5) is 18.7. The fraction of sp³-hybridized carbons (Fsp3) is 0.667. The van der Waals surface area contributed by atoms with E-state index >= 15 is 0 Å². The Morgan fingerprint density at radius 1 is 1.58 bits per heavy atom. The standard InChI is InChI=1S/C12H20N4OS2/c1-16(2)11-15-9(13)8(19-11)10(17)14-7-12(18-3)5-4-6-12/h4-7,13H2,1-3H3,(H,14,17). The smallest absolute Gasteiger partial charge is 0.265 e. The van der Waals surface area contributed by atoms with Gasteiger partial charge in [0.2, 0.25) is 0 Å². The van der Waals surface area contributed by atoms with E-state index in [0.717, 1.165) is 5.13 Å². The molecule has 1 amide bonds. The lowest BCUT2D eigenvalue weighted by Crippen LogP contribution is -2.45. The topological polar surface area (TPSA) is 71.2 Å². The number of carbonyl (C=O) groups is 1. The summed E-state index contributed by atoms with van der Waals surface area (Å²) >= 11 is 3.17. The minimum atomic E-state index is -0.108. The SMILES string of the molecule is CSC1(CNC(=O)c2sc(N(C)C)nc2N)CCC1. The minimum Gasteiger partial charge on any atom is -0.382 e. The van der Waals surface area contributed by atoms with E-state index in [1.165, 1.54) is 30.6 Å². The molecule has 0 spiro atoms. The molecule has 0 aromatic carbocycles. The summed E-state index contributed by atoms with van der Waals surface area (Å²) in [5.74, 6) is 0.210. The first kappa shape index (κ1) is 14.5. The van der Waals surface area contributed by atoms with Crippen LogP contribution in [0.5, 0.6) is 0 Å². The number of nitrogen functional groups attached to an aromatic ring is 1. The van der Waals surface area contributed by atoms with Gasteiger partial charge in [0.25, 0.3) is 5.91 Å². The highest BCUT2D eigenvalue weighted by molar-refractivity contribution is 8.00. The summed E-state index contributed by atoms with van der Waals surface area (Å²) in [5.41, 5.74) is 5.80. The van der Waals surface area contributed by atoms with Crippen molar-refractivity contribution in [1.29, 1.82) is 0 Å². The van der Waals surface area contributed by atoms with E-state index in [4.69, 9.17) is 5.73 Å². The number of aromatic nitrogens is 1. The van der Waals surface area contributed by atoms with Gasteiger partial charge in [0.05, 0.1) is 0 Å². The minimum absolute atomic E-state index is 0.108. The van der Waals surface area contributed by atoms with E-state index in [1.54, 1.807) is 0 Å². The van der Waals surface area contributed by atoms with E-state index in [2.05, 4.69) is 16.6 Å². The lowest BCUT2D eigenvalue weighted by Gasteiger charge is -2.40. The molecule has 0 bridgehead atoms. The van der Waals surface area contributed by atoms with Crippen LogP contribution in [0, 0.1) is 0 Å². The second-order valence-electron chi connectivity index (χ2n) is 5.03. The zero-order valence-electron chi connectivity index (χ0n) is 11.5. The molecule has 3 N–H and O–H groups in total. The van der Waals surface area contributed by atoms with Crippen LogP contribution in [0.2, 0.25) is 0 Å². The molecule has 0 radical (unpaired) electrons. The van der Waals surface area contributed by atoms with Crippen LogP contribution in [-0.2, 0) is 0 Å². The first-order valence-corrected chi connectivity index (χ1v) is 8.28. The number of nitrogens with zero attached hydrogens (tertiary/aromatic N) is 2. The average Bonchev–Trinajstić information content (AvgIpc) is 2.70. The molecule has 0 unspecified atom stereocenters. The molecule has 2 rings (SSSR count). The number of thioether (sulfide) groups is 1. The Labute approximate surface area is 122 Å². The molecule has 0 aliphatic heterocycles.